The average molecular weight is 309 g/mol. The monoisotopic (exact) mass is 309 g/mol. The SMILES string of the molecule is COC(=O)C1CCN(Cc2nc3cc(F)c(F)cc3[nH]2)CC1. The highest BCUT2D eigenvalue weighted by molar-refractivity contribution is 5.75. The van der Waals surface area contributed by atoms with Crippen molar-refractivity contribution in [2.75, 3.05) is 20.2 Å². The van der Waals surface area contributed by atoms with Crippen LogP contribution in [0.1, 0.15) is 18.7 Å². The Bertz CT molecular complexity index is 654. The van der Waals surface area contributed by atoms with E-state index in [9.17, 15) is 13.6 Å². The highest BCUT2D eigenvalue weighted by Gasteiger charge is 2.26. The second-order valence-electron chi connectivity index (χ2n) is 5.54. The van der Waals surface area contributed by atoms with Gasteiger partial charge in [-0.15, -0.1) is 0 Å². The number of hydrogen-bond donors (Lipinski definition) is 1. The van der Waals surface area contributed by atoms with Gasteiger partial charge in [0.1, 0.15) is 5.82 Å². The van der Waals surface area contributed by atoms with Crippen molar-refractivity contribution in [1.29, 1.82) is 0 Å². The van der Waals surface area contributed by atoms with Crippen LogP contribution in [0.15, 0.2) is 12.1 Å². The molecule has 1 aliphatic rings. The number of imidazole rings is 1. The molecule has 0 unspecified atom stereocenters. The number of carbonyl (C=O) groups excluding carboxylic acids is 1. The molecule has 1 saturated heterocycles. The summed E-state index contributed by atoms with van der Waals surface area (Å²) in [7, 11) is 1.40. The number of nitrogens with one attached hydrogen (secondary N) is 1. The van der Waals surface area contributed by atoms with Gasteiger partial charge in [0, 0.05) is 12.1 Å². The normalized spacial score (nSPS) is 17.0. The second-order valence-corrected chi connectivity index (χ2v) is 5.54. The third kappa shape index (κ3) is 2.94. The quantitative estimate of drug-likeness (QED) is 0.883. The molecular formula is C15H17F2N3O2. The van der Waals surface area contributed by atoms with E-state index in [2.05, 4.69) is 14.9 Å². The summed E-state index contributed by atoms with van der Waals surface area (Å²) in [6, 6.07) is 2.21. The van der Waals surface area contributed by atoms with Crippen LogP contribution in [0.25, 0.3) is 11.0 Å². The Hall–Kier alpha value is -2.02. The van der Waals surface area contributed by atoms with Gasteiger partial charge in [0.05, 0.1) is 30.6 Å². The summed E-state index contributed by atoms with van der Waals surface area (Å²) in [6.07, 6.45) is 1.49. The molecule has 0 aliphatic carbocycles. The maximum absolute atomic E-state index is 13.2. The van der Waals surface area contributed by atoms with E-state index >= 15 is 0 Å². The number of aromatic nitrogens is 2. The number of methoxy groups -OCH3 is 1. The number of carbonyl (C=O) groups is 1. The van der Waals surface area contributed by atoms with Crippen molar-refractivity contribution in [2.45, 2.75) is 19.4 Å². The molecule has 0 amide bonds. The molecule has 1 N–H and O–H groups in total. The Kier molecular flexibility index (Phi) is 4.06. The molecular weight excluding hydrogens is 292 g/mol. The molecule has 118 valence electrons. The standard InChI is InChI=1S/C15H17F2N3O2/c1-22-15(21)9-2-4-20(5-3-9)8-14-18-12-6-10(16)11(17)7-13(12)19-14/h6-7,9H,2-5,8H2,1H3,(H,18,19). The molecule has 0 saturated carbocycles. The van der Waals surface area contributed by atoms with Gasteiger partial charge in [-0.05, 0) is 25.9 Å². The Morgan fingerprint density at radius 2 is 2.05 bits per heavy atom. The first kappa shape index (κ1) is 14.9. The zero-order chi connectivity index (χ0) is 15.7. The predicted octanol–water partition coefficient (Wildman–Crippen LogP) is 2.23. The zero-order valence-electron chi connectivity index (χ0n) is 12.2. The van der Waals surface area contributed by atoms with Crippen molar-refractivity contribution in [3.8, 4) is 0 Å². The minimum absolute atomic E-state index is 0.0416. The minimum atomic E-state index is -0.899. The largest absolute Gasteiger partial charge is 0.469 e. The van der Waals surface area contributed by atoms with E-state index in [-0.39, 0.29) is 11.9 Å². The summed E-state index contributed by atoms with van der Waals surface area (Å²) in [6.45, 7) is 2.09. The van der Waals surface area contributed by atoms with Crippen LogP contribution in [0.3, 0.4) is 0 Å². The van der Waals surface area contributed by atoms with E-state index in [0.717, 1.165) is 38.1 Å². The van der Waals surface area contributed by atoms with Gasteiger partial charge in [-0.3, -0.25) is 9.69 Å². The van der Waals surface area contributed by atoms with Crippen LogP contribution >= 0.6 is 0 Å². The number of likely N-dealkylation sites (tertiary alicyclic amines) is 1. The van der Waals surface area contributed by atoms with Crippen molar-refractivity contribution < 1.29 is 18.3 Å². The molecule has 5 nitrogen and oxygen atoms in total. The van der Waals surface area contributed by atoms with Crippen LogP contribution in [-0.2, 0) is 16.1 Å². The number of piperidine rings is 1. The lowest BCUT2D eigenvalue weighted by Crippen LogP contribution is -2.36. The van der Waals surface area contributed by atoms with E-state index < -0.39 is 11.6 Å². The average Bonchev–Trinajstić information content (AvgIpc) is 2.89. The van der Waals surface area contributed by atoms with Crippen LogP contribution in [-0.4, -0.2) is 41.0 Å². The number of esters is 1. The predicted molar refractivity (Wildman–Crippen MR) is 76.0 cm³/mol. The van der Waals surface area contributed by atoms with Crippen molar-refractivity contribution in [2.24, 2.45) is 5.92 Å². The third-order valence-corrected chi connectivity index (χ3v) is 4.07. The van der Waals surface area contributed by atoms with Crippen LogP contribution in [0.5, 0.6) is 0 Å². The van der Waals surface area contributed by atoms with Gasteiger partial charge in [-0.1, -0.05) is 0 Å². The van der Waals surface area contributed by atoms with Crippen molar-refractivity contribution in [1.82, 2.24) is 14.9 Å². The molecule has 1 fully saturated rings. The molecule has 7 heteroatoms. The number of hydrogen-bond acceptors (Lipinski definition) is 4. The summed E-state index contributed by atoms with van der Waals surface area (Å²) >= 11 is 0. The Morgan fingerprint density at radius 3 is 2.73 bits per heavy atom. The van der Waals surface area contributed by atoms with Gasteiger partial charge >= 0.3 is 5.97 Å². The first-order valence-electron chi connectivity index (χ1n) is 7.20. The smallest absolute Gasteiger partial charge is 0.308 e. The summed E-state index contributed by atoms with van der Waals surface area (Å²) in [5.41, 5.74) is 0.900. The van der Waals surface area contributed by atoms with Gasteiger partial charge in [0.25, 0.3) is 0 Å². The number of benzene rings is 1. The Labute approximate surface area is 126 Å². The Morgan fingerprint density at radius 1 is 1.36 bits per heavy atom. The van der Waals surface area contributed by atoms with Crippen molar-refractivity contribution in [3.05, 3.63) is 29.6 Å². The van der Waals surface area contributed by atoms with E-state index in [1.54, 1.807) is 0 Å². The van der Waals surface area contributed by atoms with Gasteiger partial charge in [-0.25, -0.2) is 13.8 Å². The lowest BCUT2D eigenvalue weighted by molar-refractivity contribution is -0.147. The first-order chi connectivity index (χ1) is 10.6. The highest BCUT2D eigenvalue weighted by Crippen LogP contribution is 2.21. The topological polar surface area (TPSA) is 58.2 Å². The molecule has 2 heterocycles. The minimum Gasteiger partial charge on any atom is -0.469 e. The van der Waals surface area contributed by atoms with E-state index in [0.29, 0.717) is 23.4 Å². The molecule has 0 atom stereocenters. The molecule has 0 spiro atoms. The fourth-order valence-electron chi connectivity index (χ4n) is 2.84. The molecule has 3 rings (SSSR count). The lowest BCUT2D eigenvalue weighted by atomic mass is 9.97. The molecule has 1 aliphatic heterocycles. The van der Waals surface area contributed by atoms with Gasteiger partial charge < -0.3 is 9.72 Å². The molecule has 1 aromatic heterocycles. The highest BCUT2D eigenvalue weighted by atomic mass is 19.2. The number of fused-ring (bicyclic) bond motifs is 1. The maximum atomic E-state index is 13.2. The Balaban J connectivity index is 1.66. The fourth-order valence-corrected chi connectivity index (χ4v) is 2.84. The maximum Gasteiger partial charge on any atom is 0.308 e. The molecule has 1 aromatic carbocycles. The number of halogens is 2. The van der Waals surface area contributed by atoms with E-state index in [1.807, 2.05) is 0 Å². The van der Waals surface area contributed by atoms with Gasteiger partial charge in [0.2, 0.25) is 0 Å². The first-order valence-corrected chi connectivity index (χ1v) is 7.20. The number of rotatable bonds is 3. The molecule has 22 heavy (non-hydrogen) atoms. The molecule has 0 bridgehead atoms. The molecule has 2 aromatic rings. The summed E-state index contributed by atoms with van der Waals surface area (Å²) < 4.78 is 31.1. The summed E-state index contributed by atoms with van der Waals surface area (Å²) in [5.74, 6) is -1.32. The van der Waals surface area contributed by atoms with Crippen LogP contribution in [0.4, 0.5) is 8.78 Å². The number of nitrogens with zero attached hydrogens (tertiary/aromatic N) is 2. The van der Waals surface area contributed by atoms with Crippen molar-refractivity contribution >= 4 is 17.0 Å². The van der Waals surface area contributed by atoms with E-state index in [4.69, 9.17) is 4.74 Å². The number of H-pyrrole nitrogens is 1. The zero-order valence-corrected chi connectivity index (χ0v) is 12.2. The second kappa shape index (κ2) is 6.00. The lowest BCUT2D eigenvalue weighted by Gasteiger charge is -2.29. The summed E-state index contributed by atoms with van der Waals surface area (Å²) in [5, 5.41) is 0. The van der Waals surface area contributed by atoms with Crippen LogP contribution < -0.4 is 0 Å². The van der Waals surface area contributed by atoms with Crippen molar-refractivity contribution in [3.63, 3.8) is 0 Å². The third-order valence-electron chi connectivity index (χ3n) is 4.07. The van der Waals surface area contributed by atoms with Crippen LogP contribution in [0.2, 0.25) is 0 Å². The molecule has 0 radical (unpaired) electrons. The fraction of sp³-hybridized carbons (Fsp3) is 0.467. The summed E-state index contributed by atoms with van der Waals surface area (Å²) in [4.78, 5) is 20.9. The van der Waals surface area contributed by atoms with Crippen LogP contribution in [0, 0.1) is 17.6 Å². The number of ether oxygens (including phenoxy) is 1. The van der Waals surface area contributed by atoms with E-state index in [1.165, 1.54) is 7.11 Å². The number of aromatic amines is 1. The van der Waals surface area contributed by atoms with Gasteiger partial charge in [0.15, 0.2) is 11.6 Å². The van der Waals surface area contributed by atoms with Gasteiger partial charge in [-0.2, -0.15) is 0 Å².